The Morgan fingerprint density at radius 2 is 2.00 bits per heavy atom. The fourth-order valence-electron chi connectivity index (χ4n) is 2.16. The van der Waals surface area contributed by atoms with Crippen LogP contribution in [0, 0.1) is 0 Å². The van der Waals surface area contributed by atoms with E-state index in [1.165, 1.54) is 5.56 Å². The summed E-state index contributed by atoms with van der Waals surface area (Å²) in [6.45, 7) is 4.75. The zero-order valence-corrected chi connectivity index (χ0v) is 12.1. The minimum absolute atomic E-state index is 0.0999. The molecule has 0 saturated heterocycles. The summed E-state index contributed by atoms with van der Waals surface area (Å²) in [4.78, 5) is 12.0. The second kappa shape index (κ2) is 8.70. The van der Waals surface area contributed by atoms with Crippen LogP contribution in [0.2, 0.25) is 0 Å². The highest BCUT2D eigenvalue weighted by molar-refractivity contribution is 5.77. The van der Waals surface area contributed by atoms with Gasteiger partial charge in [0.05, 0.1) is 0 Å². The molecule has 3 N–H and O–H groups in total. The molecule has 1 amide bonds. The van der Waals surface area contributed by atoms with Gasteiger partial charge in [-0.2, -0.15) is 0 Å². The van der Waals surface area contributed by atoms with E-state index >= 15 is 0 Å². The van der Waals surface area contributed by atoms with E-state index in [-0.39, 0.29) is 17.9 Å². The number of rotatable bonds is 8. The van der Waals surface area contributed by atoms with E-state index in [0.29, 0.717) is 13.0 Å². The molecule has 0 spiro atoms. The summed E-state index contributed by atoms with van der Waals surface area (Å²) in [6.07, 6.45) is 3.73. The van der Waals surface area contributed by atoms with Crippen molar-refractivity contribution in [2.45, 2.75) is 51.5 Å². The minimum atomic E-state index is 0.0999. The first kappa shape index (κ1) is 15.7. The van der Waals surface area contributed by atoms with Crippen LogP contribution in [0.4, 0.5) is 0 Å². The minimum Gasteiger partial charge on any atom is -0.352 e. The average Bonchev–Trinajstić information content (AvgIpc) is 2.44. The molecule has 0 aromatic heterocycles. The number of unbranched alkanes of at least 4 members (excludes halogenated alkanes) is 1. The Morgan fingerprint density at radius 1 is 1.32 bits per heavy atom. The topological polar surface area (TPSA) is 55.1 Å². The van der Waals surface area contributed by atoms with Crippen molar-refractivity contribution in [3.8, 4) is 0 Å². The standard InChI is InChI=1S/C16H26N2O/c1-3-4-10-15(12-17)18-16(19)11-13(2)14-8-6-5-7-9-14/h5-9,13,15H,3-4,10-12,17H2,1-2H3,(H,18,19). The SMILES string of the molecule is CCCCC(CN)NC(=O)CC(C)c1ccccc1. The maximum absolute atomic E-state index is 12.0. The van der Waals surface area contributed by atoms with Crippen LogP contribution >= 0.6 is 0 Å². The number of nitrogens with two attached hydrogens (primary N) is 1. The highest BCUT2D eigenvalue weighted by Gasteiger charge is 2.14. The third-order valence-corrected chi connectivity index (χ3v) is 3.42. The predicted octanol–water partition coefficient (Wildman–Crippen LogP) is 2.81. The third kappa shape index (κ3) is 5.88. The molecule has 3 nitrogen and oxygen atoms in total. The summed E-state index contributed by atoms with van der Waals surface area (Å²) in [7, 11) is 0. The largest absolute Gasteiger partial charge is 0.352 e. The van der Waals surface area contributed by atoms with Crippen LogP contribution in [-0.4, -0.2) is 18.5 Å². The molecule has 0 aliphatic carbocycles. The number of hydrogen-bond acceptors (Lipinski definition) is 2. The van der Waals surface area contributed by atoms with Gasteiger partial charge in [-0.15, -0.1) is 0 Å². The molecular formula is C16H26N2O. The van der Waals surface area contributed by atoms with E-state index in [2.05, 4.69) is 31.3 Å². The van der Waals surface area contributed by atoms with Crippen LogP contribution in [0.5, 0.6) is 0 Å². The van der Waals surface area contributed by atoms with Crippen LogP contribution in [0.25, 0.3) is 0 Å². The molecule has 0 fully saturated rings. The Hall–Kier alpha value is -1.35. The number of carbonyl (C=O) groups is 1. The van der Waals surface area contributed by atoms with Gasteiger partial charge >= 0.3 is 0 Å². The average molecular weight is 262 g/mol. The zero-order chi connectivity index (χ0) is 14.1. The van der Waals surface area contributed by atoms with E-state index in [1.54, 1.807) is 0 Å². The van der Waals surface area contributed by atoms with Gasteiger partial charge in [0.25, 0.3) is 0 Å². The summed E-state index contributed by atoms with van der Waals surface area (Å²) in [6, 6.07) is 10.3. The lowest BCUT2D eigenvalue weighted by Crippen LogP contribution is -2.40. The molecule has 19 heavy (non-hydrogen) atoms. The molecule has 0 bridgehead atoms. The number of amides is 1. The lowest BCUT2D eigenvalue weighted by Gasteiger charge is -2.18. The second-order valence-electron chi connectivity index (χ2n) is 5.16. The van der Waals surface area contributed by atoms with Gasteiger partial charge in [0.1, 0.15) is 0 Å². The highest BCUT2D eigenvalue weighted by Crippen LogP contribution is 2.18. The highest BCUT2D eigenvalue weighted by atomic mass is 16.1. The number of carbonyl (C=O) groups excluding carboxylic acids is 1. The number of benzene rings is 1. The summed E-state index contributed by atoms with van der Waals surface area (Å²) < 4.78 is 0. The van der Waals surface area contributed by atoms with Crippen LogP contribution in [0.3, 0.4) is 0 Å². The van der Waals surface area contributed by atoms with Gasteiger partial charge in [0, 0.05) is 19.0 Å². The molecular weight excluding hydrogens is 236 g/mol. The van der Waals surface area contributed by atoms with E-state index in [4.69, 9.17) is 5.73 Å². The van der Waals surface area contributed by atoms with E-state index in [0.717, 1.165) is 19.3 Å². The molecule has 0 saturated carbocycles. The molecule has 1 aromatic carbocycles. The van der Waals surface area contributed by atoms with Crippen molar-refractivity contribution in [1.82, 2.24) is 5.32 Å². The summed E-state index contributed by atoms with van der Waals surface area (Å²) in [5.41, 5.74) is 6.89. The molecule has 106 valence electrons. The maximum Gasteiger partial charge on any atom is 0.220 e. The Bertz CT molecular complexity index is 364. The van der Waals surface area contributed by atoms with E-state index in [1.807, 2.05) is 18.2 Å². The van der Waals surface area contributed by atoms with Crippen molar-refractivity contribution in [3.05, 3.63) is 35.9 Å². The zero-order valence-electron chi connectivity index (χ0n) is 12.1. The van der Waals surface area contributed by atoms with Crippen molar-refractivity contribution in [2.24, 2.45) is 5.73 Å². The first-order chi connectivity index (χ1) is 9.17. The van der Waals surface area contributed by atoms with Crippen molar-refractivity contribution in [2.75, 3.05) is 6.54 Å². The molecule has 1 rings (SSSR count). The first-order valence-electron chi connectivity index (χ1n) is 7.21. The molecule has 3 heteroatoms. The first-order valence-corrected chi connectivity index (χ1v) is 7.21. The lowest BCUT2D eigenvalue weighted by molar-refractivity contribution is -0.122. The maximum atomic E-state index is 12.0. The fourth-order valence-corrected chi connectivity index (χ4v) is 2.16. The van der Waals surface area contributed by atoms with Crippen molar-refractivity contribution in [3.63, 3.8) is 0 Å². The molecule has 0 aliphatic rings. The van der Waals surface area contributed by atoms with Crippen LogP contribution < -0.4 is 11.1 Å². The van der Waals surface area contributed by atoms with Gasteiger partial charge in [-0.3, -0.25) is 4.79 Å². The fraction of sp³-hybridized carbons (Fsp3) is 0.562. The summed E-state index contributed by atoms with van der Waals surface area (Å²) in [5, 5.41) is 3.04. The van der Waals surface area contributed by atoms with Crippen LogP contribution in [0.15, 0.2) is 30.3 Å². The molecule has 2 unspecified atom stereocenters. The molecule has 1 aromatic rings. The van der Waals surface area contributed by atoms with Crippen LogP contribution in [-0.2, 0) is 4.79 Å². The smallest absolute Gasteiger partial charge is 0.220 e. The van der Waals surface area contributed by atoms with Crippen molar-refractivity contribution < 1.29 is 4.79 Å². The quantitative estimate of drug-likeness (QED) is 0.757. The van der Waals surface area contributed by atoms with Gasteiger partial charge in [-0.05, 0) is 17.9 Å². The van der Waals surface area contributed by atoms with Gasteiger partial charge < -0.3 is 11.1 Å². The molecule has 0 aliphatic heterocycles. The van der Waals surface area contributed by atoms with Gasteiger partial charge in [-0.1, -0.05) is 57.0 Å². The summed E-state index contributed by atoms with van der Waals surface area (Å²) in [5.74, 6) is 0.341. The van der Waals surface area contributed by atoms with Crippen LogP contribution in [0.1, 0.15) is 51.0 Å². The third-order valence-electron chi connectivity index (χ3n) is 3.42. The lowest BCUT2D eigenvalue weighted by atomic mass is 9.97. The Morgan fingerprint density at radius 3 is 2.58 bits per heavy atom. The molecule has 2 atom stereocenters. The molecule has 0 heterocycles. The Balaban J connectivity index is 2.41. The Labute approximate surface area is 116 Å². The van der Waals surface area contributed by atoms with E-state index in [9.17, 15) is 4.79 Å². The number of hydrogen-bond donors (Lipinski definition) is 2. The Kier molecular flexibility index (Phi) is 7.19. The van der Waals surface area contributed by atoms with Gasteiger partial charge in [-0.25, -0.2) is 0 Å². The van der Waals surface area contributed by atoms with Crippen molar-refractivity contribution in [1.29, 1.82) is 0 Å². The van der Waals surface area contributed by atoms with Crippen molar-refractivity contribution >= 4 is 5.91 Å². The molecule has 0 radical (unpaired) electrons. The normalized spacial score (nSPS) is 13.8. The van der Waals surface area contributed by atoms with Gasteiger partial charge in [0.2, 0.25) is 5.91 Å². The van der Waals surface area contributed by atoms with Gasteiger partial charge in [0.15, 0.2) is 0 Å². The second-order valence-corrected chi connectivity index (χ2v) is 5.16. The monoisotopic (exact) mass is 262 g/mol. The van der Waals surface area contributed by atoms with E-state index < -0.39 is 0 Å². The number of nitrogens with one attached hydrogen (secondary N) is 1. The predicted molar refractivity (Wildman–Crippen MR) is 80.0 cm³/mol. The summed E-state index contributed by atoms with van der Waals surface area (Å²) >= 11 is 0.